The van der Waals surface area contributed by atoms with Crippen molar-refractivity contribution in [2.24, 2.45) is 0 Å². The fourth-order valence-corrected chi connectivity index (χ4v) is 5.09. The fourth-order valence-electron chi connectivity index (χ4n) is 5.09. The highest BCUT2D eigenvalue weighted by molar-refractivity contribution is 5.95. The van der Waals surface area contributed by atoms with E-state index in [1.807, 2.05) is 42.5 Å². The molecular weight excluding hydrogens is 472 g/mol. The van der Waals surface area contributed by atoms with Gasteiger partial charge in [-0.2, -0.15) is 0 Å². The van der Waals surface area contributed by atoms with Crippen molar-refractivity contribution in [3.8, 4) is 33.4 Å². The van der Waals surface area contributed by atoms with Crippen LogP contribution < -0.4 is 4.90 Å². The molecule has 0 atom stereocenters. The van der Waals surface area contributed by atoms with Crippen molar-refractivity contribution in [1.82, 2.24) is 0 Å². The van der Waals surface area contributed by atoms with Crippen LogP contribution in [-0.2, 0) is 0 Å². The molecule has 0 heterocycles. The first kappa shape index (κ1) is 23.6. The van der Waals surface area contributed by atoms with Gasteiger partial charge in [0.15, 0.2) is 0 Å². The van der Waals surface area contributed by atoms with Gasteiger partial charge in [0.25, 0.3) is 0 Å². The molecule has 0 bridgehead atoms. The third kappa shape index (κ3) is 4.33. The van der Waals surface area contributed by atoms with Crippen molar-refractivity contribution < 1.29 is 8.78 Å². The Morgan fingerprint density at radius 3 is 1.87 bits per heavy atom. The van der Waals surface area contributed by atoms with E-state index in [0.717, 1.165) is 33.4 Å². The lowest BCUT2D eigenvalue weighted by molar-refractivity contribution is 0.618. The van der Waals surface area contributed by atoms with Gasteiger partial charge < -0.3 is 4.90 Å². The monoisotopic (exact) mass is 497 g/mol. The molecule has 0 aliphatic carbocycles. The summed E-state index contributed by atoms with van der Waals surface area (Å²) >= 11 is 0. The Hall–Kier alpha value is -4.76. The van der Waals surface area contributed by atoms with Crippen LogP contribution in [0.25, 0.3) is 44.2 Å². The highest BCUT2D eigenvalue weighted by Crippen LogP contribution is 2.43. The minimum absolute atomic E-state index is 0.312. The lowest BCUT2D eigenvalue weighted by Crippen LogP contribution is -2.14. The number of rotatable bonds is 5. The highest BCUT2D eigenvalue weighted by atomic mass is 19.1. The van der Waals surface area contributed by atoms with E-state index in [4.69, 9.17) is 0 Å². The number of para-hydroxylation sites is 1. The van der Waals surface area contributed by atoms with Crippen LogP contribution in [0.2, 0.25) is 0 Å². The van der Waals surface area contributed by atoms with Crippen LogP contribution >= 0.6 is 0 Å². The van der Waals surface area contributed by atoms with Gasteiger partial charge >= 0.3 is 0 Å². The van der Waals surface area contributed by atoms with Crippen molar-refractivity contribution in [3.05, 3.63) is 145 Å². The van der Waals surface area contributed by atoms with Gasteiger partial charge in [-0.1, -0.05) is 109 Å². The molecule has 6 aromatic rings. The van der Waals surface area contributed by atoms with Gasteiger partial charge in [0.05, 0.1) is 11.4 Å². The average molecular weight is 498 g/mol. The Labute approximate surface area is 221 Å². The van der Waals surface area contributed by atoms with Gasteiger partial charge in [0.1, 0.15) is 11.6 Å². The molecule has 0 saturated carbocycles. The molecular formula is C35H25F2N. The van der Waals surface area contributed by atoms with Gasteiger partial charge in [0, 0.05) is 12.6 Å². The molecule has 0 aromatic heterocycles. The summed E-state index contributed by atoms with van der Waals surface area (Å²) in [7, 11) is 1.70. The summed E-state index contributed by atoms with van der Waals surface area (Å²) in [5.41, 5.74) is 6.29. The molecule has 0 aliphatic rings. The Bertz CT molecular complexity index is 1740. The Morgan fingerprint density at radius 2 is 1.11 bits per heavy atom. The molecule has 0 radical (unpaired) electrons. The Balaban J connectivity index is 1.49. The molecule has 1 nitrogen and oxygen atoms in total. The maximum Gasteiger partial charge on any atom is 0.147 e. The fraction of sp³-hybridized carbons (Fsp3) is 0.0286. The first-order chi connectivity index (χ1) is 18.6. The summed E-state index contributed by atoms with van der Waals surface area (Å²) in [6.07, 6.45) is 0. The van der Waals surface area contributed by atoms with Gasteiger partial charge in [-0.15, -0.1) is 0 Å². The van der Waals surface area contributed by atoms with E-state index in [1.54, 1.807) is 36.2 Å². The second-order valence-corrected chi connectivity index (χ2v) is 9.33. The molecule has 0 fully saturated rings. The molecule has 0 saturated heterocycles. The molecule has 0 spiro atoms. The zero-order valence-corrected chi connectivity index (χ0v) is 20.9. The third-order valence-electron chi connectivity index (χ3n) is 7.02. The predicted octanol–water partition coefficient (Wildman–Crippen LogP) is 9.89. The largest absolute Gasteiger partial charge is 0.339 e. The maximum absolute atomic E-state index is 15.5. The number of hydrogen-bond donors (Lipinski definition) is 0. The highest BCUT2D eigenvalue weighted by Gasteiger charge is 2.22. The van der Waals surface area contributed by atoms with Crippen LogP contribution in [0.4, 0.5) is 20.2 Å². The molecule has 6 aromatic carbocycles. The summed E-state index contributed by atoms with van der Waals surface area (Å²) in [6.45, 7) is 0. The van der Waals surface area contributed by atoms with E-state index in [9.17, 15) is 4.39 Å². The van der Waals surface area contributed by atoms with Gasteiger partial charge in [-0.05, 0) is 62.9 Å². The normalized spacial score (nSPS) is 11.0. The number of fused-ring (bicyclic) bond motifs is 1. The van der Waals surface area contributed by atoms with E-state index in [0.29, 0.717) is 11.4 Å². The summed E-state index contributed by atoms with van der Waals surface area (Å²) < 4.78 is 30.3. The lowest BCUT2D eigenvalue weighted by Gasteiger charge is -2.26. The third-order valence-corrected chi connectivity index (χ3v) is 7.02. The Kier molecular flexibility index (Phi) is 6.19. The maximum atomic E-state index is 15.5. The first-order valence-electron chi connectivity index (χ1n) is 12.6. The smallest absolute Gasteiger partial charge is 0.147 e. The van der Waals surface area contributed by atoms with E-state index in [2.05, 4.69) is 54.6 Å². The standard InChI is InChI=1S/C35H25F2N/c1-38(33-14-8-7-13-31(33)36)35-32(37)22-21-30(34(35)27-10-3-2-4-11-27)26-18-15-25(16-19-26)29-20-17-24-9-5-6-12-28(24)23-29/h2-23H,1H3. The molecule has 0 N–H and O–H groups in total. The summed E-state index contributed by atoms with van der Waals surface area (Å²) in [4.78, 5) is 1.60. The second-order valence-electron chi connectivity index (χ2n) is 9.33. The van der Waals surface area contributed by atoms with Crippen LogP contribution in [-0.4, -0.2) is 7.05 Å². The number of benzene rings is 6. The molecule has 0 aliphatic heterocycles. The quantitative estimate of drug-likeness (QED) is 0.229. The second kappa shape index (κ2) is 9.95. The van der Waals surface area contributed by atoms with Crippen molar-refractivity contribution in [1.29, 1.82) is 0 Å². The van der Waals surface area contributed by atoms with Crippen molar-refractivity contribution in [3.63, 3.8) is 0 Å². The lowest BCUT2D eigenvalue weighted by atomic mass is 9.91. The number of hydrogen-bond acceptors (Lipinski definition) is 1. The number of nitrogens with zero attached hydrogens (tertiary/aromatic N) is 1. The van der Waals surface area contributed by atoms with Crippen LogP contribution in [0.1, 0.15) is 0 Å². The van der Waals surface area contributed by atoms with Crippen LogP contribution in [0.3, 0.4) is 0 Å². The van der Waals surface area contributed by atoms with E-state index in [1.165, 1.54) is 22.9 Å². The van der Waals surface area contributed by atoms with Crippen LogP contribution in [0, 0.1) is 11.6 Å². The molecule has 0 unspecified atom stereocenters. The molecule has 0 amide bonds. The van der Waals surface area contributed by atoms with Gasteiger partial charge in [-0.3, -0.25) is 0 Å². The van der Waals surface area contributed by atoms with Crippen LogP contribution in [0.5, 0.6) is 0 Å². The minimum atomic E-state index is -0.411. The van der Waals surface area contributed by atoms with Crippen LogP contribution in [0.15, 0.2) is 133 Å². The summed E-state index contributed by atoms with van der Waals surface area (Å²) in [5, 5.41) is 2.40. The van der Waals surface area contributed by atoms with E-state index < -0.39 is 11.6 Å². The topological polar surface area (TPSA) is 3.24 Å². The van der Waals surface area contributed by atoms with Crippen molar-refractivity contribution >= 4 is 22.1 Å². The number of anilines is 2. The average Bonchev–Trinajstić information content (AvgIpc) is 2.97. The van der Waals surface area contributed by atoms with E-state index in [-0.39, 0.29) is 0 Å². The molecule has 38 heavy (non-hydrogen) atoms. The summed E-state index contributed by atoms with van der Waals surface area (Å²) in [5.74, 6) is -0.815. The van der Waals surface area contributed by atoms with Gasteiger partial charge in [0.2, 0.25) is 0 Å². The zero-order valence-electron chi connectivity index (χ0n) is 20.9. The minimum Gasteiger partial charge on any atom is -0.339 e. The molecule has 3 heteroatoms. The predicted molar refractivity (Wildman–Crippen MR) is 155 cm³/mol. The Morgan fingerprint density at radius 1 is 0.474 bits per heavy atom. The molecule has 6 rings (SSSR count). The summed E-state index contributed by atoms with van der Waals surface area (Å²) in [6, 6.07) is 42.5. The molecule has 184 valence electrons. The zero-order chi connectivity index (χ0) is 26.1. The first-order valence-corrected chi connectivity index (χ1v) is 12.6. The van der Waals surface area contributed by atoms with Crippen molar-refractivity contribution in [2.75, 3.05) is 11.9 Å². The van der Waals surface area contributed by atoms with Crippen molar-refractivity contribution in [2.45, 2.75) is 0 Å². The SMILES string of the molecule is CN(c1ccccc1F)c1c(F)ccc(-c2ccc(-c3ccc4ccccc4c3)cc2)c1-c1ccccc1. The van der Waals surface area contributed by atoms with E-state index >= 15 is 4.39 Å². The number of halogens is 2. The van der Waals surface area contributed by atoms with Gasteiger partial charge in [-0.25, -0.2) is 8.78 Å².